The molecule has 2 aromatic carbocycles. The molecule has 2 N–H and O–H groups in total. The molecule has 0 aliphatic rings. The van der Waals surface area contributed by atoms with Crippen LogP contribution in [0.4, 0.5) is 13.2 Å². The molecule has 1 unspecified atom stereocenters. The third kappa shape index (κ3) is 3.07. The van der Waals surface area contributed by atoms with Crippen LogP contribution >= 0.6 is 31.9 Å². The summed E-state index contributed by atoms with van der Waals surface area (Å²) in [6.07, 6.45) is -0.0703. The van der Waals surface area contributed by atoms with E-state index in [1.165, 1.54) is 18.2 Å². The lowest BCUT2D eigenvalue weighted by molar-refractivity contribution is 0.534. The van der Waals surface area contributed by atoms with Gasteiger partial charge < -0.3 is 5.73 Å². The van der Waals surface area contributed by atoms with Gasteiger partial charge in [0.15, 0.2) is 0 Å². The normalized spacial score (nSPS) is 12.5. The smallest absolute Gasteiger partial charge is 0.143 e. The van der Waals surface area contributed by atoms with Crippen molar-refractivity contribution in [2.24, 2.45) is 5.73 Å². The maximum absolute atomic E-state index is 13.9. The largest absolute Gasteiger partial charge is 0.324 e. The Labute approximate surface area is 131 Å². The van der Waals surface area contributed by atoms with Crippen molar-refractivity contribution in [2.45, 2.75) is 12.5 Å². The second-order valence-corrected chi connectivity index (χ2v) is 5.92. The van der Waals surface area contributed by atoms with Crippen LogP contribution in [0.5, 0.6) is 0 Å². The number of halogens is 5. The summed E-state index contributed by atoms with van der Waals surface area (Å²) in [5.41, 5.74) is 6.28. The van der Waals surface area contributed by atoms with Crippen LogP contribution in [0.1, 0.15) is 17.2 Å². The van der Waals surface area contributed by atoms with Crippen LogP contribution in [0.25, 0.3) is 0 Å². The van der Waals surface area contributed by atoms with Crippen LogP contribution in [0.15, 0.2) is 39.3 Å². The summed E-state index contributed by atoms with van der Waals surface area (Å²) in [7, 11) is 0. The van der Waals surface area contributed by atoms with Crippen LogP contribution in [0.3, 0.4) is 0 Å². The molecule has 0 aliphatic heterocycles. The van der Waals surface area contributed by atoms with E-state index in [4.69, 9.17) is 5.73 Å². The zero-order valence-electron chi connectivity index (χ0n) is 10.1. The molecule has 0 heterocycles. The first kappa shape index (κ1) is 15.5. The van der Waals surface area contributed by atoms with E-state index in [1.807, 2.05) is 0 Å². The monoisotopic (exact) mass is 407 g/mol. The van der Waals surface area contributed by atoms with Crippen molar-refractivity contribution in [1.29, 1.82) is 0 Å². The second-order valence-electron chi connectivity index (χ2n) is 4.28. The second kappa shape index (κ2) is 6.28. The first-order chi connectivity index (χ1) is 9.41. The minimum absolute atomic E-state index is 0.0703. The highest BCUT2D eigenvalue weighted by atomic mass is 79.9. The predicted molar refractivity (Wildman–Crippen MR) is 78.8 cm³/mol. The Morgan fingerprint density at radius 2 is 1.70 bits per heavy atom. The van der Waals surface area contributed by atoms with Crippen molar-refractivity contribution in [2.75, 3.05) is 0 Å². The van der Waals surface area contributed by atoms with E-state index < -0.39 is 23.5 Å². The summed E-state index contributed by atoms with van der Waals surface area (Å²) in [4.78, 5) is 0. The van der Waals surface area contributed by atoms with Gasteiger partial charge in [0.2, 0.25) is 0 Å². The molecule has 0 spiro atoms. The van der Waals surface area contributed by atoms with Gasteiger partial charge in [0.05, 0.1) is 8.95 Å². The first-order valence-corrected chi connectivity index (χ1v) is 7.32. The van der Waals surface area contributed by atoms with Gasteiger partial charge in [-0.3, -0.25) is 0 Å². The predicted octanol–water partition coefficient (Wildman–Crippen LogP) is 4.87. The highest BCUT2D eigenvalue weighted by Crippen LogP contribution is 2.29. The molecular weight excluding hydrogens is 399 g/mol. The summed E-state index contributed by atoms with van der Waals surface area (Å²) in [5.74, 6) is -1.82. The van der Waals surface area contributed by atoms with E-state index in [2.05, 4.69) is 31.9 Å². The molecule has 1 nitrogen and oxygen atoms in total. The molecule has 0 saturated heterocycles. The average Bonchev–Trinajstić information content (AvgIpc) is 2.42. The summed E-state index contributed by atoms with van der Waals surface area (Å²) in [5, 5.41) is 0. The van der Waals surface area contributed by atoms with Crippen LogP contribution < -0.4 is 5.73 Å². The summed E-state index contributed by atoms with van der Waals surface area (Å²) in [6, 6.07) is 6.13. The maximum Gasteiger partial charge on any atom is 0.143 e. The lowest BCUT2D eigenvalue weighted by Gasteiger charge is -2.15. The number of hydrogen-bond acceptors (Lipinski definition) is 1. The van der Waals surface area contributed by atoms with Crippen LogP contribution in [-0.2, 0) is 6.42 Å². The minimum atomic E-state index is -0.724. The fourth-order valence-electron chi connectivity index (χ4n) is 1.89. The number of nitrogens with two attached hydrogens (primary N) is 1. The number of rotatable bonds is 3. The van der Waals surface area contributed by atoms with Gasteiger partial charge in [0.25, 0.3) is 0 Å². The van der Waals surface area contributed by atoms with Crippen molar-refractivity contribution in [3.05, 3.63) is 67.9 Å². The molecule has 1 atom stereocenters. The summed E-state index contributed by atoms with van der Waals surface area (Å²) in [6.45, 7) is 0. The molecule has 0 aliphatic carbocycles. The van der Waals surface area contributed by atoms with E-state index >= 15 is 0 Å². The van der Waals surface area contributed by atoms with Gasteiger partial charge >= 0.3 is 0 Å². The van der Waals surface area contributed by atoms with E-state index in [0.717, 1.165) is 6.07 Å². The fraction of sp³-hybridized carbons (Fsp3) is 0.143. The van der Waals surface area contributed by atoms with Gasteiger partial charge in [-0.1, -0.05) is 12.1 Å². The standard InChI is InChI=1S/C14H10Br2F3N/c15-9-4-5-10(17)8(14(9)19)6-12(20)7-2-1-3-11(18)13(7)16/h1-5,12H,6,20H2. The summed E-state index contributed by atoms with van der Waals surface area (Å²) >= 11 is 6.09. The van der Waals surface area contributed by atoms with Gasteiger partial charge in [-0.2, -0.15) is 0 Å². The molecule has 6 heteroatoms. The van der Waals surface area contributed by atoms with Crippen molar-refractivity contribution < 1.29 is 13.2 Å². The molecule has 2 aromatic rings. The molecule has 20 heavy (non-hydrogen) atoms. The van der Waals surface area contributed by atoms with Crippen LogP contribution in [-0.4, -0.2) is 0 Å². The third-order valence-corrected chi connectivity index (χ3v) is 4.39. The Morgan fingerprint density at radius 1 is 1.00 bits per heavy atom. The highest BCUT2D eigenvalue weighted by molar-refractivity contribution is 9.10. The Hall–Kier alpha value is -0.850. The van der Waals surface area contributed by atoms with Gasteiger partial charge in [0, 0.05) is 11.6 Å². The third-order valence-electron chi connectivity index (χ3n) is 2.94. The highest BCUT2D eigenvalue weighted by Gasteiger charge is 2.19. The minimum Gasteiger partial charge on any atom is -0.324 e. The molecule has 2 rings (SSSR count). The summed E-state index contributed by atoms with van der Waals surface area (Å²) < 4.78 is 41.4. The van der Waals surface area contributed by atoms with Crippen molar-refractivity contribution in [3.8, 4) is 0 Å². The van der Waals surface area contributed by atoms with E-state index in [0.29, 0.717) is 5.56 Å². The fourth-order valence-corrected chi connectivity index (χ4v) is 2.82. The van der Waals surface area contributed by atoms with Gasteiger partial charge in [0.1, 0.15) is 17.5 Å². The zero-order chi connectivity index (χ0) is 14.9. The number of benzene rings is 2. The van der Waals surface area contributed by atoms with E-state index in [-0.39, 0.29) is 20.9 Å². The molecule has 106 valence electrons. The van der Waals surface area contributed by atoms with Crippen LogP contribution in [0.2, 0.25) is 0 Å². The molecule has 0 aromatic heterocycles. The lowest BCUT2D eigenvalue weighted by Crippen LogP contribution is -2.16. The number of hydrogen-bond donors (Lipinski definition) is 1. The Kier molecular flexibility index (Phi) is 4.88. The topological polar surface area (TPSA) is 26.0 Å². The maximum atomic E-state index is 13.9. The van der Waals surface area contributed by atoms with Crippen molar-refractivity contribution in [3.63, 3.8) is 0 Å². The molecule has 0 amide bonds. The molecule has 0 bridgehead atoms. The Morgan fingerprint density at radius 3 is 2.40 bits per heavy atom. The van der Waals surface area contributed by atoms with Gasteiger partial charge in [-0.25, -0.2) is 13.2 Å². The van der Waals surface area contributed by atoms with Crippen LogP contribution in [0, 0.1) is 17.5 Å². The van der Waals surface area contributed by atoms with Crippen molar-refractivity contribution >= 4 is 31.9 Å². The lowest BCUT2D eigenvalue weighted by atomic mass is 9.99. The van der Waals surface area contributed by atoms with Gasteiger partial charge in [-0.05, 0) is 62.0 Å². The van der Waals surface area contributed by atoms with E-state index in [9.17, 15) is 13.2 Å². The zero-order valence-corrected chi connectivity index (χ0v) is 13.3. The quantitative estimate of drug-likeness (QED) is 0.720. The Balaban J connectivity index is 2.35. The average molecular weight is 409 g/mol. The van der Waals surface area contributed by atoms with Gasteiger partial charge in [-0.15, -0.1) is 0 Å². The molecule has 0 radical (unpaired) electrons. The molecule has 0 fully saturated rings. The first-order valence-electron chi connectivity index (χ1n) is 5.73. The molecular formula is C14H10Br2F3N. The molecule has 0 saturated carbocycles. The Bertz CT molecular complexity index is 647. The van der Waals surface area contributed by atoms with E-state index in [1.54, 1.807) is 6.07 Å². The van der Waals surface area contributed by atoms with Crippen molar-refractivity contribution in [1.82, 2.24) is 0 Å². The SMILES string of the molecule is NC(Cc1c(F)ccc(Br)c1F)c1cccc(F)c1Br.